The number of carboxylic acid groups (broad SMARTS) is 1. The van der Waals surface area contributed by atoms with E-state index in [1.54, 1.807) is 0 Å². The van der Waals surface area contributed by atoms with Gasteiger partial charge in [-0.25, -0.2) is 4.79 Å². The summed E-state index contributed by atoms with van der Waals surface area (Å²) in [5.41, 5.74) is -0.592. The molecule has 0 radical (unpaired) electrons. The maximum absolute atomic E-state index is 10.7. The molecule has 0 aliphatic carbocycles. The fourth-order valence-electron chi connectivity index (χ4n) is 0.901. The Morgan fingerprint density at radius 2 is 1.80 bits per heavy atom. The third-order valence-electron chi connectivity index (χ3n) is 1.47. The number of aromatic carboxylic acids is 1. The molecule has 1 aromatic carbocycles. The Balaban J connectivity index is 0.00000196. The molecule has 0 saturated carbocycles. The van der Waals surface area contributed by atoms with Crippen molar-refractivity contribution in [3.05, 3.63) is 23.8 Å². The van der Waals surface area contributed by atoms with Gasteiger partial charge in [0.15, 0.2) is 0 Å². The summed E-state index contributed by atoms with van der Waals surface area (Å²) in [4.78, 5) is 9.69. The molecule has 78 valence electrons. The first-order chi connectivity index (χ1) is 6.32. The van der Waals surface area contributed by atoms with Gasteiger partial charge in [0.05, 0.1) is 5.56 Å². The Bertz CT molecular complexity index is 480. The summed E-state index contributed by atoms with van der Waals surface area (Å²) in [6.45, 7) is 0. The van der Waals surface area contributed by atoms with Gasteiger partial charge in [0.1, 0.15) is 10.6 Å². The molecule has 0 spiro atoms. The zero-order valence-corrected chi connectivity index (χ0v) is 7.52. The van der Waals surface area contributed by atoms with Crippen molar-refractivity contribution in [1.29, 1.82) is 0 Å². The van der Waals surface area contributed by atoms with Gasteiger partial charge in [0, 0.05) is 6.07 Å². The van der Waals surface area contributed by atoms with Crippen LogP contribution in [0.25, 0.3) is 0 Å². The second-order valence-electron chi connectivity index (χ2n) is 2.46. The Labute approximate surface area is 108 Å². The van der Waals surface area contributed by atoms with E-state index in [4.69, 9.17) is 14.8 Å². The number of hydrogen-bond donors (Lipinski definition) is 3. The van der Waals surface area contributed by atoms with Gasteiger partial charge in [0.25, 0.3) is 10.1 Å². The van der Waals surface area contributed by atoms with Crippen LogP contribution in [0.4, 0.5) is 0 Å². The molecular formula is C7H7NaO6S. The fourth-order valence-corrected chi connectivity index (χ4v) is 1.60. The van der Waals surface area contributed by atoms with Gasteiger partial charge in [-0.15, -0.1) is 0 Å². The van der Waals surface area contributed by atoms with E-state index in [1.807, 2.05) is 0 Å². The minimum atomic E-state index is -4.64. The molecule has 0 bridgehead atoms. The molecule has 0 fully saturated rings. The third-order valence-corrected chi connectivity index (χ3v) is 2.37. The van der Waals surface area contributed by atoms with Crippen LogP contribution in [0.2, 0.25) is 0 Å². The van der Waals surface area contributed by atoms with Crippen molar-refractivity contribution >= 4 is 45.6 Å². The van der Waals surface area contributed by atoms with Crippen LogP contribution in [0.15, 0.2) is 23.1 Å². The fraction of sp³-hybridized carbons (Fsp3) is 0. The number of carboxylic acids is 1. The SMILES string of the molecule is O=C(O)c1ccc(O)cc1S(=O)(=O)O.[NaH]. The van der Waals surface area contributed by atoms with E-state index in [9.17, 15) is 13.2 Å². The van der Waals surface area contributed by atoms with Crippen LogP contribution in [-0.4, -0.2) is 58.7 Å². The monoisotopic (exact) mass is 242 g/mol. The second kappa shape index (κ2) is 4.95. The average Bonchev–Trinajstić information content (AvgIpc) is 2.01. The molecule has 3 N–H and O–H groups in total. The molecule has 1 aromatic rings. The van der Waals surface area contributed by atoms with Crippen molar-refractivity contribution in [3.8, 4) is 5.75 Å². The topological polar surface area (TPSA) is 112 Å². The first-order valence-electron chi connectivity index (χ1n) is 3.36. The summed E-state index contributed by atoms with van der Waals surface area (Å²) < 4.78 is 30.0. The molecule has 0 heterocycles. The quantitative estimate of drug-likeness (QED) is 0.484. The number of phenols is 1. The van der Waals surface area contributed by atoms with Gasteiger partial charge in [-0.05, 0) is 12.1 Å². The number of hydrogen-bond acceptors (Lipinski definition) is 4. The van der Waals surface area contributed by atoms with E-state index >= 15 is 0 Å². The van der Waals surface area contributed by atoms with Crippen LogP contribution in [0.1, 0.15) is 10.4 Å². The van der Waals surface area contributed by atoms with Gasteiger partial charge < -0.3 is 10.2 Å². The number of phenolic OH excluding ortho intramolecular Hbond substituents is 1. The summed E-state index contributed by atoms with van der Waals surface area (Å²) in [7, 11) is -4.64. The molecule has 8 heteroatoms. The summed E-state index contributed by atoms with van der Waals surface area (Å²) in [6, 6.07) is 2.57. The Kier molecular flexibility index (Phi) is 4.75. The first kappa shape index (κ1) is 14.4. The van der Waals surface area contributed by atoms with E-state index in [2.05, 4.69) is 0 Å². The number of rotatable bonds is 2. The maximum atomic E-state index is 10.7. The molecular weight excluding hydrogens is 235 g/mol. The molecule has 0 atom stereocenters. The first-order valence-corrected chi connectivity index (χ1v) is 4.80. The molecule has 0 amide bonds. The van der Waals surface area contributed by atoms with E-state index < -0.39 is 32.3 Å². The van der Waals surface area contributed by atoms with Gasteiger partial charge >= 0.3 is 35.5 Å². The summed E-state index contributed by atoms with van der Waals surface area (Å²) in [5.74, 6) is -1.94. The van der Waals surface area contributed by atoms with Crippen LogP contribution in [0, 0.1) is 0 Å². The Hall–Kier alpha value is -0.600. The zero-order chi connectivity index (χ0) is 10.9. The molecule has 0 saturated heterocycles. The summed E-state index contributed by atoms with van der Waals surface area (Å²) in [6.07, 6.45) is 0. The van der Waals surface area contributed by atoms with E-state index in [0.29, 0.717) is 6.07 Å². The van der Waals surface area contributed by atoms with Crippen molar-refractivity contribution in [2.45, 2.75) is 4.90 Å². The standard InChI is InChI=1S/C7H6O6S.Na.H/c8-4-1-2-5(7(9)10)6(3-4)14(11,12)13;;/h1-3,8H,(H,9,10)(H,11,12,13);;. The van der Waals surface area contributed by atoms with E-state index in [0.717, 1.165) is 12.1 Å². The minimum absolute atomic E-state index is 0. The third kappa shape index (κ3) is 3.47. The number of carbonyl (C=O) groups is 1. The second-order valence-corrected chi connectivity index (χ2v) is 3.85. The summed E-state index contributed by atoms with van der Waals surface area (Å²) >= 11 is 0. The van der Waals surface area contributed by atoms with E-state index in [-0.39, 0.29) is 29.6 Å². The van der Waals surface area contributed by atoms with Crippen LogP contribution in [-0.2, 0) is 10.1 Å². The molecule has 0 aliphatic heterocycles. The molecule has 0 unspecified atom stereocenters. The summed E-state index contributed by atoms with van der Waals surface area (Å²) in [5, 5.41) is 17.5. The average molecular weight is 242 g/mol. The molecule has 0 aromatic heterocycles. The van der Waals surface area contributed by atoms with Crippen molar-refractivity contribution in [2.75, 3.05) is 0 Å². The molecule has 6 nitrogen and oxygen atoms in total. The molecule has 15 heavy (non-hydrogen) atoms. The van der Waals surface area contributed by atoms with Gasteiger partial charge in [-0.3, -0.25) is 4.55 Å². The van der Waals surface area contributed by atoms with Crippen molar-refractivity contribution < 1.29 is 28.0 Å². The van der Waals surface area contributed by atoms with Crippen LogP contribution < -0.4 is 0 Å². The van der Waals surface area contributed by atoms with Gasteiger partial charge in [0.2, 0.25) is 0 Å². The van der Waals surface area contributed by atoms with Gasteiger partial charge in [-0.2, -0.15) is 8.42 Å². The van der Waals surface area contributed by atoms with Crippen LogP contribution >= 0.6 is 0 Å². The number of aromatic hydroxyl groups is 1. The van der Waals surface area contributed by atoms with E-state index in [1.165, 1.54) is 0 Å². The molecule has 0 aliphatic rings. The van der Waals surface area contributed by atoms with Gasteiger partial charge in [-0.1, -0.05) is 0 Å². The predicted molar refractivity (Wildman–Crippen MR) is 52.0 cm³/mol. The normalized spacial score (nSPS) is 10.5. The predicted octanol–water partition coefficient (Wildman–Crippen LogP) is -0.311. The van der Waals surface area contributed by atoms with Crippen molar-refractivity contribution in [1.82, 2.24) is 0 Å². The molecule has 1 rings (SSSR count). The zero-order valence-electron chi connectivity index (χ0n) is 6.71. The number of benzene rings is 1. The van der Waals surface area contributed by atoms with Crippen molar-refractivity contribution in [3.63, 3.8) is 0 Å². The Morgan fingerprint density at radius 3 is 2.20 bits per heavy atom. The Morgan fingerprint density at radius 1 is 1.27 bits per heavy atom. The van der Waals surface area contributed by atoms with Crippen LogP contribution in [0.5, 0.6) is 5.75 Å². The van der Waals surface area contributed by atoms with Crippen molar-refractivity contribution in [2.24, 2.45) is 0 Å². The van der Waals surface area contributed by atoms with Crippen LogP contribution in [0.3, 0.4) is 0 Å².